The van der Waals surface area contributed by atoms with Crippen LogP contribution in [0, 0.1) is 0 Å². The topological polar surface area (TPSA) is 58.6 Å². The predicted octanol–water partition coefficient (Wildman–Crippen LogP) is 1.64. The number of sulfonamides is 1. The van der Waals surface area contributed by atoms with E-state index in [0.29, 0.717) is 11.5 Å². The van der Waals surface area contributed by atoms with Crippen molar-refractivity contribution in [3.63, 3.8) is 0 Å². The fourth-order valence-corrected chi connectivity index (χ4v) is 4.60. The van der Waals surface area contributed by atoms with Gasteiger partial charge in [-0.15, -0.1) is 12.4 Å². The first-order chi connectivity index (χ1) is 10.0. The van der Waals surface area contributed by atoms with Crippen LogP contribution < -0.4 is 5.32 Å². The van der Waals surface area contributed by atoms with Crippen LogP contribution in [0.1, 0.15) is 19.3 Å². The zero-order valence-corrected chi connectivity index (χ0v) is 14.3. The highest BCUT2D eigenvalue weighted by Gasteiger charge is 2.44. The SMILES string of the molecule is CN(C1COC2(CCNCC2)C1)S(=O)(=O)c1ccccc1.Cl. The Morgan fingerprint density at radius 2 is 1.86 bits per heavy atom. The van der Waals surface area contributed by atoms with Gasteiger partial charge in [-0.25, -0.2) is 8.42 Å². The van der Waals surface area contributed by atoms with Gasteiger partial charge < -0.3 is 10.1 Å². The Labute approximate surface area is 138 Å². The van der Waals surface area contributed by atoms with Gasteiger partial charge >= 0.3 is 0 Å². The average Bonchev–Trinajstić information content (AvgIpc) is 2.91. The summed E-state index contributed by atoms with van der Waals surface area (Å²) in [6.45, 7) is 2.38. The highest BCUT2D eigenvalue weighted by atomic mass is 35.5. The van der Waals surface area contributed by atoms with Gasteiger partial charge in [-0.3, -0.25) is 0 Å². The van der Waals surface area contributed by atoms with Gasteiger partial charge in [0.25, 0.3) is 0 Å². The molecule has 0 bridgehead atoms. The highest BCUT2D eigenvalue weighted by Crippen LogP contribution is 2.36. The average molecular weight is 347 g/mol. The second kappa shape index (κ2) is 6.84. The quantitative estimate of drug-likeness (QED) is 0.904. The van der Waals surface area contributed by atoms with Crippen LogP contribution in [0.5, 0.6) is 0 Å². The van der Waals surface area contributed by atoms with Crippen molar-refractivity contribution in [3.8, 4) is 0 Å². The first kappa shape index (κ1) is 17.7. The lowest BCUT2D eigenvalue weighted by molar-refractivity contribution is -0.0197. The number of halogens is 1. The number of piperidine rings is 1. The Hall–Kier alpha value is -0.660. The molecule has 2 saturated heterocycles. The summed E-state index contributed by atoms with van der Waals surface area (Å²) in [7, 11) is -1.78. The number of nitrogens with zero attached hydrogens (tertiary/aromatic N) is 1. The van der Waals surface area contributed by atoms with Crippen molar-refractivity contribution in [2.75, 3.05) is 26.7 Å². The summed E-state index contributed by atoms with van der Waals surface area (Å²) in [4.78, 5) is 0.346. The Morgan fingerprint density at radius 1 is 1.23 bits per heavy atom. The summed E-state index contributed by atoms with van der Waals surface area (Å²) >= 11 is 0. The lowest BCUT2D eigenvalue weighted by atomic mass is 9.88. The molecule has 2 heterocycles. The second-order valence-corrected chi connectivity index (χ2v) is 7.93. The molecule has 1 aromatic rings. The summed E-state index contributed by atoms with van der Waals surface area (Å²) in [5.41, 5.74) is -0.129. The monoisotopic (exact) mass is 346 g/mol. The van der Waals surface area contributed by atoms with E-state index in [2.05, 4.69) is 5.32 Å². The lowest BCUT2D eigenvalue weighted by Crippen LogP contribution is -2.43. The van der Waals surface area contributed by atoms with Crippen LogP contribution in [0.2, 0.25) is 0 Å². The summed E-state index contributed by atoms with van der Waals surface area (Å²) < 4.78 is 32.8. The molecule has 0 aromatic heterocycles. The van der Waals surface area contributed by atoms with Crippen LogP contribution >= 0.6 is 12.4 Å². The molecule has 0 saturated carbocycles. The first-order valence-electron chi connectivity index (χ1n) is 7.41. The van der Waals surface area contributed by atoms with Crippen molar-refractivity contribution in [1.82, 2.24) is 9.62 Å². The fraction of sp³-hybridized carbons (Fsp3) is 0.600. The van der Waals surface area contributed by atoms with Crippen molar-refractivity contribution >= 4 is 22.4 Å². The largest absolute Gasteiger partial charge is 0.373 e. The minimum atomic E-state index is -3.44. The molecule has 7 heteroatoms. The van der Waals surface area contributed by atoms with Crippen molar-refractivity contribution in [2.45, 2.75) is 35.8 Å². The zero-order valence-electron chi connectivity index (χ0n) is 12.7. The van der Waals surface area contributed by atoms with E-state index in [1.165, 1.54) is 4.31 Å². The molecule has 2 aliphatic rings. The smallest absolute Gasteiger partial charge is 0.243 e. The van der Waals surface area contributed by atoms with Crippen molar-refractivity contribution in [1.29, 1.82) is 0 Å². The molecule has 1 N–H and O–H groups in total. The summed E-state index contributed by atoms with van der Waals surface area (Å²) in [5, 5.41) is 3.32. The van der Waals surface area contributed by atoms with E-state index in [-0.39, 0.29) is 24.0 Å². The maximum Gasteiger partial charge on any atom is 0.243 e. The van der Waals surface area contributed by atoms with Crippen molar-refractivity contribution in [2.24, 2.45) is 0 Å². The van der Waals surface area contributed by atoms with Gasteiger partial charge in [0.05, 0.1) is 23.1 Å². The molecule has 22 heavy (non-hydrogen) atoms. The molecule has 1 aromatic carbocycles. The molecule has 2 aliphatic heterocycles. The predicted molar refractivity (Wildman–Crippen MR) is 87.8 cm³/mol. The third kappa shape index (κ3) is 3.31. The summed E-state index contributed by atoms with van der Waals surface area (Å²) in [6, 6.07) is 8.53. The normalized spacial score (nSPS) is 24.4. The van der Waals surface area contributed by atoms with E-state index < -0.39 is 10.0 Å². The molecule has 1 unspecified atom stereocenters. The molecule has 0 amide bonds. The molecule has 5 nitrogen and oxygen atoms in total. The Kier molecular flexibility index (Phi) is 5.50. The molecule has 1 atom stereocenters. The van der Waals surface area contributed by atoms with Crippen LogP contribution in [0.4, 0.5) is 0 Å². The highest BCUT2D eigenvalue weighted by molar-refractivity contribution is 7.89. The van der Waals surface area contributed by atoms with E-state index >= 15 is 0 Å². The Balaban J connectivity index is 0.00000176. The first-order valence-corrected chi connectivity index (χ1v) is 8.85. The number of nitrogens with one attached hydrogen (secondary N) is 1. The Bertz CT molecular complexity index is 588. The maximum absolute atomic E-state index is 12.6. The minimum Gasteiger partial charge on any atom is -0.373 e. The van der Waals surface area contributed by atoms with Crippen LogP contribution in [-0.4, -0.2) is 51.1 Å². The number of hydrogen-bond acceptors (Lipinski definition) is 4. The molecule has 2 fully saturated rings. The molecule has 124 valence electrons. The number of benzene rings is 1. The summed E-state index contributed by atoms with van der Waals surface area (Å²) in [6.07, 6.45) is 2.71. The number of likely N-dealkylation sites (N-methyl/N-ethyl adjacent to an activating group) is 1. The number of rotatable bonds is 3. The zero-order chi connectivity index (χ0) is 14.9. The van der Waals surface area contributed by atoms with Crippen molar-refractivity contribution < 1.29 is 13.2 Å². The third-order valence-electron chi connectivity index (χ3n) is 4.64. The van der Waals surface area contributed by atoms with Crippen molar-refractivity contribution in [3.05, 3.63) is 30.3 Å². The number of hydrogen-bond donors (Lipinski definition) is 1. The maximum atomic E-state index is 12.6. The van der Waals surface area contributed by atoms with E-state index in [4.69, 9.17) is 4.74 Å². The summed E-state index contributed by atoms with van der Waals surface area (Å²) in [5.74, 6) is 0. The van der Waals surface area contributed by atoms with Crippen LogP contribution in [0.15, 0.2) is 35.2 Å². The van der Waals surface area contributed by atoms with Gasteiger partial charge in [0.2, 0.25) is 10.0 Å². The van der Waals surface area contributed by atoms with Gasteiger partial charge in [0.15, 0.2) is 0 Å². The third-order valence-corrected chi connectivity index (χ3v) is 6.56. The van der Waals surface area contributed by atoms with Gasteiger partial charge in [-0.05, 0) is 44.5 Å². The second-order valence-electron chi connectivity index (χ2n) is 5.94. The Morgan fingerprint density at radius 3 is 2.50 bits per heavy atom. The standard InChI is InChI=1S/C15H22N2O3S.ClH/c1-17(21(18,19)14-5-3-2-4-6-14)13-11-15(20-12-13)7-9-16-10-8-15;/h2-6,13,16H,7-12H2,1H3;1H. The van der Waals surface area contributed by atoms with E-state index in [9.17, 15) is 8.42 Å². The molecular weight excluding hydrogens is 324 g/mol. The molecular formula is C15H23ClN2O3S. The van der Waals surface area contributed by atoms with Crippen LogP contribution in [-0.2, 0) is 14.8 Å². The van der Waals surface area contributed by atoms with Gasteiger partial charge in [-0.1, -0.05) is 18.2 Å². The molecule has 0 aliphatic carbocycles. The lowest BCUT2D eigenvalue weighted by Gasteiger charge is -2.33. The molecule has 3 rings (SSSR count). The number of ether oxygens (including phenoxy) is 1. The molecule has 1 spiro atoms. The van der Waals surface area contributed by atoms with E-state index in [1.807, 2.05) is 6.07 Å². The van der Waals surface area contributed by atoms with Crippen LogP contribution in [0.25, 0.3) is 0 Å². The van der Waals surface area contributed by atoms with Gasteiger partial charge in [0.1, 0.15) is 0 Å². The van der Waals surface area contributed by atoms with Gasteiger partial charge in [0, 0.05) is 7.05 Å². The fourth-order valence-electron chi connectivity index (χ4n) is 3.24. The van der Waals surface area contributed by atoms with E-state index in [1.54, 1.807) is 31.3 Å². The minimum absolute atomic E-state index is 0. The van der Waals surface area contributed by atoms with Crippen LogP contribution in [0.3, 0.4) is 0 Å². The molecule has 0 radical (unpaired) electrons. The van der Waals surface area contributed by atoms with E-state index in [0.717, 1.165) is 32.4 Å². The van der Waals surface area contributed by atoms with Gasteiger partial charge in [-0.2, -0.15) is 4.31 Å².